The van der Waals surface area contributed by atoms with Crippen LogP contribution in [0.4, 0.5) is 8.78 Å². The third kappa shape index (κ3) is 2.97. The summed E-state index contributed by atoms with van der Waals surface area (Å²) in [6.45, 7) is 3.20. The number of esters is 1. The molecule has 0 aliphatic rings. The van der Waals surface area contributed by atoms with E-state index < -0.39 is 12.4 Å². The topological polar surface area (TPSA) is 65.2 Å². The Balaban J connectivity index is 3.22. The molecule has 6 heteroatoms. The molecule has 0 radical (unpaired) electrons. The summed E-state index contributed by atoms with van der Waals surface area (Å²) in [5.74, 6) is -0.633. The Morgan fingerprint density at radius 2 is 2.24 bits per heavy atom. The second-order valence-electron chi connectivity index (χ2n) is 3.39. The van der Waals surface area contributed by atoms with Crippen molar-refractivity contribution in [3.8, 4) is 0 Å². The van der Waals surface area contributed by atoms with E-state index in [2.05, 4.69) is 4.98 Å². The van der Waals surface area contributed by atoms with Crippen LogP contribution in [0.5, 0.6) is 0 Å². The van der Waals surface area contributed by atoms with Crippen LogP contribution in [-0.2, 0) is 11.3 Å². The Kier molecular flexibility index (Phi) is 4.51. The number of aryl methyl sites for hydroxylation is 1. The lowest BCUT2D eigenvalue weighted by Gasteiger charge is -2.11. The Labute approximate surface area is 97.8 Å². The van der Waals surface area contributed by atoms with Gasteiger partial charge in [0.1, 0.15) is 5.69 Å². The number of nitrogens with zero attached hydrogens (tertiary/aromatic N) is 1. The number of pyridine rings is 1. The normalized spacial score (nSPS) is 10.7. The van der Waals surface area contributed by atoms with E-state index in [0.29, 0.717) is 0 Å². The molecule has 4 nitrogen and oxygen atoms in total. The molecule has 17 heavy (non-hydrogen) atoms. The van der Waals surface area contributed by atoms with Gasteiger partial charge in [0.15, 0.2) is 0 Å². The van der Waals surface area contributed by atoms with E-state index in [9.17, 15) is 13.6 Å². The van der Waals surface area contributed by atoms with E-state index >= 15 is 0 Å². The molecule has 0 saturated carbocycles. The summed E-state index contributed by atoms with van der Waals surface area (Å²) < 4.78 is 30.2. The fraction of sp³-hybridized carbons (Fsp3) is 0.455. The number of hydrogen-bond acceptors (Lipinski definition) is 4. The molecular formula is C11H14F2N2O2. The number of alkyl halides is 2. The Hall–Kier alpha value is -1.56. The highest BCUT2D eigenvalue weighted by atomic mass is 19.3. The van der Waals surface area contributed by atoms with Crippen molar-refractivity contribution in [1.29, 1.82) is 0 Å². The van der Waals surface area contributed by atoms with Gasteiger partial charge in [-0.1, -0.05) is 0 Å². The molecule has 0 amide bonds. The highest BCUT2D eigenvalue weighted by Crippen LogP contribution is 2.26. The van der Waals surface area contributed by atoms with Gasteiger partial charge in [-0.2, -0.15) is 0 Å². The molecule has 1 aromatic heterocycles. The fourth-order valence-electron chi connectivity index (χ4n) is 1.52. The molecule has 0 aliphatic heterocycles. The molecule has 0 unspecified atom stereocenters. The van der Waals surface area contributed by atoms with Gasteiger partial charge in [0, 0.05) is 17.8 Å². The predicted octanol–water partition coefficient (Wildman–Crippen LogP) is 1.96. The Morgan fingerprint density at radius 1 is 1.59 bits per heavy atom. The van der Waals surface area contributed by atoms with E-state index in [0.717, 1.165) is 0 Å². The van der Waals surface area contributed by atoms with Gasteiger partial charge in [-0.05, 0) is 25.5 Å². The standard InChI is InChI=1S/C11H14F2N2O2/c1-3-17-11(16)8-4-7(5-14)9(10(12)13)6(2)15-8/h4,10H,3,5,14H2,1-2H3. The third-order valence-electron chi connectivity index (χ3n) is 2.26. The zero-order valence-electron chi connectivity index (χ0n) is 9.67. The number of nitrogens with two attached hydrogens (primary N) is 1. The number of halogens is 2. The van der Waals surface area contributed by atoms with Gasteiger partial charge in [0.05, 0.1) is 6.61 Å². The van der Waals surface area contributed by atoms with Crippen molar-refractivity contribution in [2.24, 2.45) is 5.73 Å². The Morgan fingerprint density at radius 3 is 2.71 bits per heavy atom. The zero-order chi connectivity index (χ0) is 13.0. The zero-order valence-corrected chi connectivity index (χ0v) is 9.67. The molecule has 1 rings (SSSR count). The summed E-state index contributed by atoms with van der Waals surface area (Å²) in [6, 6.07) is 1.26. The maximum Gasteiger partial charge on any atom is 0.356 e. The van der Waals surface area contributed by atoms with Gasteiger partial charge in [0.2, 0.25) is 0 Å². The molecular weight excluding hydrogens is 230 g/mol. The summed E-state index contributed by atoms with van der Waals surface area (Å²) in [5, 5.41) is 0. The van der Waals surface area contributed by atoms with Crippen LogP contribution < -0.4 is 5.73 Å². The maximum absolute atomic E-state index is 12.7. The van der Waals surface area contributed by atoms with Crippen LogP contribution in [0.25, 0.3) is 0 Å². The first-order valence-electron chi connectivity index (χ1n) is 5.17. The number of carbonyl (C=O) groups excluding carboxylic acids is 1. The first kappa shape index (κ1) is 13.5. The molecule has 1 aromatic rings. The minimum Gasteiger partial charge on any atom is -0.461 e. The maximum atomic E-state index is 12.7. The minimum atomic E-state index is -2.66. The molecule has 0 aliphatic carbocycles. The molecule has 94 valence electrons. The first-order valence-corrected chi connectivity index (χ1v) is 5.17. The Bertz CT molecular complexity index is 422. The van der Waals surface area contributed by atoms with Gasteiger partial charge in [0.25, 0.3) is 6.43 Å². The van der Waals surface area contributed by atoms with Crippen molar-refractivity contribution in [1.82, 2.24) is 4.98 Å². The van der Waals surface area contributed by atoms with Crippen LogP contribution >= 0.6 is 0 Å². The summed E-state index contributed by atoms with van der Waals surface area (Å²) in [6.07, 6.45) is -2.66. The van der Waals surface area contributed by atoms with Gasteiger partial charge in [-0.3, -0.25) is 0 Å². The van der Waals surface area contributed by atoms with Gasteiger partial charge < -0.3 is 10.5 Å². The van der Waals surface area contributed by atoms with E-state index in [1.807, 2.05) is 0 Å². The SMILES string of the molecule is CCOC(=O)c1cc(CN)c(C(F)F)c(C)n1. The number of carbonyl (C=O) groups is 1. The van der Waals surface area contributed by atoms with Crippen LogP contribution in [0.1, 0.15) is 40.7 Å². The summed E-state index contributed by atoms with van der Waals surface area (Å²) >= 11 is 0. The lowest BCUT2D eigenvalue weighted by Crippen LogP contribution is -2.13. The van der Waals surface area contributed by atoms with Gasteiger partial charge >= 0.3 is 5.97 Å². The van der Waals surface area contributed by atoms with Crippen LogP contribution in [0.3, 0.4) is 0 Å². The van der Waals surface area contributed by atoms with Crippen LogP contribution in [0.2, 0.25) is 0 Å². The third-order valence-corrected chi connectivity index (χ3v) is 2.26. The van der Waals surface area contributed by atoms with E-state index in [-0.39, 0.29) is 35.7 Å². The lowest BCUT2D eigenvalue weighted by molar-refractivity contribution is 0.0518. The van der Waals surface area contributed by atoms with Crippen molar-refractivity contribution in [2.45, 2.75) is 26.8 Å². The second-order valence-corrected chi connectivity index (χ2v) is 3.39. The highest BCUT2D eigenvalue weighted by Gasteiger charge is 2.20. The monoisotopic (exact) mass is 244 g/mol. The average molecular weight is 244 g/mol. The average Bonchev–Trinajstić information content (AvgIpc) is 2.27. The van der Waals surface area contributed by atoms with Crippen LogP contribution in [-0.4, -0.2) is 17.6 Å². The quantitative estimate of drug-likeness (QED) is 0.822. The number of ether oxygens (including phenoxy) is 1. The second kappa shape index (κ2) is 5.67. The first-order chi connectivity index (χ1) is 8.01. The van der Waals surface area contributed by atoms with E-state index in [1.165, 1.54) is 13.0 Å². The van der Waals surface area contributed by atoms with Crippen LogP contribution in [0.15, 0.2) is 6.07 Å². The largest absolute Gasteiger partial charge is 0.461 e. The molecule has 0 spiro atoms. The molecule has 0 aromatic carbocycles. The summed E-state index contributed by atoms with van der Waals surface area (Å²) in [7, 11) is 0. The molecule has 0 atom stereocenters. The van der Waals surface area contributed by atoms with Crippen LogP contribution in [0, 0.1) is 6.92 Å². The van der Waals surface area contributed by atoms with E-state index in [1.54, 1.807) is 6.92 Å². The fourth-order valence-corrected chi connectivity index (χ4v) is 1.52. The van der Waals surface area contributed by atoms with Crippen molar-refractivity contribution in [3.05, 3.63) is 28.6 Å². The minimum absolute atomic E-state index is 0.00852. The smallest absolute Gasteiger partial charge is 0.356 e. The van der Waals surface area contributed by atoms with Crippen molar-refractivity contribution in [3.63, 3.8) is 0 Å². The molecule has 0 fully saturated rings. The molecule has 2 N–H and O–H groups in total. The van der Waals surface area contributed by atoms with Gasteiger partial charge in [-0.25, -0.2) is 18.6 Å². The van der Waals surface area contributed by atoms with Gasteiger partial charge in [-0.15, -0.1) is 0 Å². The highest BCUT2D eigenvalue weighted by molar-refractivity contribution is 5.87. The predicted molar refractivity (Wildman–Crippen MR) is 57.8 cm³/mol. The van der Waals surface area contributed by atoms with E-state index in [4.69, 9.17) is 10.5 Å². The van der Waals surface area contributed by atoms with Crippen molar-refractivity contribution < 1.29 is 18.3 Å². The molecule has 0 bridgehead atoms. The molecule has 1 heterocycles. The number of aromatic nitrogens is 1. The molecule has 0 saturated heterocycles. The number of rotatable bonds is 4. The lowest BCUT2D eigenvalue weighted by atomic mass is 10.1. The summed E-state index contributed by atoms with van der Waals surface area (Å²) in [5.41, 5.74) is 5.51. The number of hydrogen-bond donors (Lipinski definition) is 1. The van der Waals surface area contributed by atoms with Crippen molar-refractivity contribution in [2.75, 3.05) is 6.61 Å². The summed E-state index contributed by atoms with van der Waals surface area (Å²) in [4.78, 5) is 15.2. The van der Waals surface area contributed by atoms with Crippen molar-refractivity contribution >= 4 is 5.97 Å².